The molecule has 0 aliphatic heterocycles. The Balaban J connectivity index is 1.95. The molecule has 3 rings (SSSR count). The van der Waals surface area contributed by atoms with Gasteiger partial charge in [-0.25, -0.2) is 9.78 Å². The van der Waals surface area contributed by atoms with E-state index < -0.39 is 6.09 Å². The van der Waals surface area contributed by atoms with Crippen LogP contribution in [0.4, 0.5) is 10.5 Å². The number of amides is 1. The number of aryl methyl sites for hydroxylation is 1. The number of hydrogen-bond acceptors (Lipinski definition) is 6. The molecule has 8 heteroatoms. The van der Waals surface area contributed by atoms with Gasteiger partial charge in [-0.3, -0.25) is 14.3 Å². The zero-order chi connectivity index (χ0) is 18.0. The molecule has 0 saturated heterocycles. The first-order chi connectivity index (χ1) is 12.0. The highest BCUT2D eigenvalue weighted by Crippen LogP contribution is 2.20. The molecular weight excluding hydrogens is 322 g/mol. The van der Waals surface area contributed by atoms with Gasteiger partial charge in [0.2, 0.25) is 0 Å². The number of nitrogens with one attached hydrogen (secondary N) is 1. The third-order valence-corrected chi connectivity index (χ3v) is 3.71. The van der Waals surface area contributed by atoms with Gasteiger partial charge >= 0.3 is 6.09 Å². The lowest BCUT2D eigenvalue weighted by atomic mass is 10.2. The van der Waals surface area contributed by atoms with Gasteiger partial charge in [0.25, 0.3) is 5.91 Å². The molecule has 8 nitrogen and oxygen atoms in total. The van der Waals surface area contributed by atoms with E-state index in [0.717, 1.165) is 0 Å². The van der Waals surface area contributed by atoms with Crippen molar-refractivity contribution in [3.8, 4) is 0 Å². The first-order valence-electron chi connectivity index (χ1n) is 7.55. The second-order valence-corrected chi connectivity index (χ2v) is 5.43. The highest BCUT2D eigenvalue weighted by Gasteiger charge is 2.17. The Morgan fingerprint density at radius 3 is 2.84 bits per heavy atom. The van der Waals surface area contributed by atoms with E-state index in [1.807, 2.05) is 0 Å². The Labute approximate surface area is 143 Å². The van der Waals surface area contributed by atoms with E-state index in [4.69, 9.17) is 5.73 Å². The minimum Gasteiger partial charge on any atom is -0.453 e. The molecule has 25 heavy (non-hydrogen) atoms. The van der Waals surface area contributed by atoms with Crippen molar-refractivity contribution < 1.29 is 14.3 Å². The largest absolute Gasteiger partial charge is 0.453 e. The van der Waals surface area contributed by atoms with Gasteiger partial charge in [0.1, 0.15) is 5.82 Å². The molecule has 0 fully saturated rings. The summed E-state index contributed by atoms with van der Waals surface area (Å²) >= 11 is 0. The van der Waals surface area contributed by atoms with Crippen LogP contribution in [0.15, 0.2) is 36.5 Å². The molecule has 0 atom stereocenters. The number of pyridine rings is 1. The van der Waals surface area contributed by atoms with Crippen molar-refractivity contribution in [2.75, 3.05) is 12.8 Å². The van der Waals surface area contributed by atoms with E-state index in [2.05, 4.69) is 20.0 Å². The average molecular weight is 339 g/mol. The van der Waals surface area contributed by atoms with Gasteiger partial charge in [0.15, 0.2) is 0 Å². The summed E-state index contributed by atoms with van der Waals surface area (Å²) in [7, 11) is 1.28. The summed E-state index contributed by atoms with van der Waals surface area (Å²) in [5, 5.41) is 2.53. The molecule has 3 aromatic rings. The second-order valence-electron chi connectivity index (χ2n) is 5.43. The molecule has 2 aromatic heterocycles. The lowest BCUT2D eigenvalue weighted by Gasteiger charge is -2.08. The fourth-order valence-corrected chi connectivity index (χ4v) is 2.54. The van der Waals surface area contributed by atoms with Crippen molar-refractivity contribution in [1.29, 1.82) is 0 Å². The summed E-state index contributed by atoms with van der Waals surface area (Å²) in [5.41, 5.74) is 8.70. The number of nitrogen functional groups attached to an aromatic ring is 1. The fraction of sp³-hybridized carbons (Fsp3) is 0.176. The summed E-state index contributed by atoms with van der Waals surface area (Å²) in [6, 6.07) is 8.47. The van der Waals surface area contributed by atoms with Gasteiger partial charge in [-0.1, -0.05) is 0 Å². The Morgan fingerprint density at radius 2 is 2.08 bits per heavy atom. The Hall–Kier alpha value is -3.42. The van der Waals surface area contributed by atoms with Crippen molar-refractivity contribution in [3.05, 3.63) is 53.6 Å². The van der Waals surface area contributed by atoms with E-state index in [-0.39, 0.29) is 12.5 Å². The first-order valence-corrected chi connectivity index (χ1v) is 7.55. The summed E-state index contributed by atoms with van der Waals surface area (Å²) in [6.45, 7) is 1.92. The smallest absolute Gasteiger partial charge is 0.407 e. The van der Waals surface area contributed by atoms with Gasteiger partial charge in [-0.2, -0.15) is 0 Å². The number of rotatable bonds is 3. The molecule has 128 valence electrons. The number of carbonyl (C=O) groups is 2. The van der Waals surface area contributed by atoms with E-state index >= 15 is 0 Å². The number of benzene rings is 1. The SMILES string of the molecule is COC(=O)NCc1cc(C(=O)n2c(C)nc3ccc(N)cc32)ccn1. The first kappa shape index (κ1) is 16.4. The van der Waals surface area contributed by atoms with E-state index in [9.17, 15) is 9.59 Å². The fourth-order valence-electron chi connectivity index (χ4n) is 2.54. The second kappa shape index (κ2) is 6.60. The number of carbonyl (C=O) groups excluding carboxylic acids is 2. The molecule has 0 saturated carbocycles. The number of hydrogen-bond donors (Lipinski definition) is 2. The van der Waals surface area contributed by atoms with Gasteiger partial charge in [0.05, 0.1) is 30.4 Å². The number of methoxy groups -OCH3 is 1. The van der Waals surface area contributed by atoms with Crippen LogP contribution in [-0.2, 0) is 11.3 Å². The minimum absolute atomic E-state index is 0.157. The normalized spacial score (nSPS) is 10.6. The number of nitrogens with zero attached hydrogens (tertiary/aromatic N) is 3. The molecule has 3 N–H and O–H groups in total. The lowest BCUT2D eigenvalue weighted by molar-refractivity contribution is 0.0962. The third kappa shape index (κ3) is 3.27. The highest BCUT2D eigenvalue weighted by atomic mass is 16.5. The zero-order valence-corrected chi connectivity index (χ0v) is 13.8. The van der Waals surface area contributed by atoms with Crippen molar-refractivity contribution in [2.24, 2.45) is 0 Å². The molecule has 0 aliphatic carbocycles. The molecule has 0 unspecified atom stereocenters. The number of fused-ring (bicyclic) bond motifs is 1. The maximum absolute atomic E-state index is 12.9. The summed E-state index contributed by atoms with van der Waals surface area (Å²) < 4.78 is 6.03. The molecule has 0 bridgehead atoms. The monoisotopic (exact) mass is 339 g/mol. The van der Waals surface area contributed by atoms with Crippen LogP contribution < -0.4 is 11.1 Å². The predicted molar refractivity (Wildman–Crippen MR) is 92.1 cm³/mol. The Kier molecular flexibility index (Phi) is 4.34. The Bertz CT molecular complexity index is 964. The maximum atomic E-state index is 12.9. The number of imidazole rings is 1. The van der Waals surface area contributed by atoms with Crippen molar-refractivity contribution in [2.45, 2.75) is 13.5 Å². The molecule has 1 aromatic carbocycles. The van der Waals surface area contributed by atoms with E-state index in [1.165, 1.54) is 17.9 Å². The van der Waals surface area contributed by atoms with Crippen LogP contribution in [-0.4, -0.2) is 33.6 Å². The van der Waals surface area contributed by atoms with Gasteiger partial charge in [-0.15, -0.1) is 0 Å². The van der Waals surface area contributed by atoms with Gasteiger partial charge < -0.3 is 15.8 Å². The maximum Gasteiger partial charge on any atom is 0.407 e. The lowest BCUT2D eigenvalue weighted by Crippen LogP contribution is -2.23. The van der Waals surface area contributed by atoms with Crippen LogP contribution in [0.25, 0.3) is 11.0 Å². The average Bonchev–Trinajstić information content (AvgIpc) is 2.94. The van der Waals surface area contributed by atoms with Crippen LogP contribution in [0.5, 0.6) is 0 Å². The van der Waals surface area contributed by atoms with Gasteiger partial charge in [-0.05, 0) is 37.3 Å². The van der Waals surface area contributed by atoms with Crippen molar-refractivity contribution >= 4 is 28.7 Å². The van der Waals surface area contributed by atoms with Crippen molar-refractivity contribution in [3.63, 3.8) is 0 Å². The highest BCUT2D eigenvalue weighted by molar-refractivity contribution is 6.02. The quantitative estimate of drug-likeness (QED) is 0.705. The van der Waals surface area contributed by atoms with Crippen molar-refractivity contribution in [1.82, 2.24) is 19.9 Å². The zero-order valence-electron chi connectivity index (χ0n) is 13.8. The van der Waals surface area contributed by atoms with E-state index in [1.54, 1.807) is 37.3 Å². The number of nitrogens with two attached hydrogens (primary N) is 1. The van der Waals surface area contributed by atoms with Crippen LogP contribution in [0.3, 0.4) is 0 Å². The molecule has 2 heterocycles. The summed E-state index contributed by atoms with van der Waals surface area (Å²) in [4.78, 5) is 32.6. The van der Waals surface area contributed by atoms with Gasteiger partial charge in [0, 0.05) is 17.4 Å². The number of ether oxygens (including phenoxy) is 1. The van der Waals surface area contributed by atoms with Crippen LogP contribution >= 0.6 is 0 Å². The number of aromatic nitrogens is 3. The Morgan fingerprint density at radius 1 is 1.28 bits per heavy atom. The minimum atomic E-state index is -0.564. The molecular formula is C17H17N5O3. The predicted octanol–water partition coefficient (Wildman–Crippen LogP) is 1.87. The topological polar surface area (TPSA) is 112 Å². The standard InChI is InChI=1S/C17H17N5O3/c1-10-21-14-4-3-12(18)8-15(14)22(10)16(23)11-5-6-19-13(7-11)9-20-17(24)25-2/h3-8H,9,18H2,1-2H3,(H,20,24). The summed E-state index contributed by atoms with van der Waals surface area (Å²) in [5.74, 6) is 0.323. The van der Waals surface area contributed by atoms with Crippen LogP contribution in [0, 0.1) is 6.92 Å². The molecule has 0 radical (unpaired) electrons. The van der Waals surface area contributed by atoms with Crippen LogP contribution in [0.2, 0.25) is 0 Å². The molecule has 0 spiro atoms. The molecule has 0 aliphatic rings. The third-order valence-electron chi connectivity index (χ3n) is 3.71. The molecule has 1 amide bonds. The van der Waals surface area contributed by atoms with E-state index in [0.29, 0.717) is 33.8 Å². The number of anilines is 1. The number of alkyl carbamates (subject to hydrolysis) is 1. The summed E-state index contributed by atoms with van der Waals surface area (Å²) in [6.07, 6.45) is 0.954. The van der Waals surface area contributed by atoms with Crippen LogP contribution in [0.1, 0.15) is 21.9 Å².